The van der Waals surface area contributed by atoms with E-state index in [0.29, 0.717) is 11.6 Å². The van der Waals surface area contributed by atoms with Gasteiger partial charge in [0.15, 0.2) is 0 Å². The molecular formula is C16H26N2O. The second-order valence-electron chi connectivity index (χ2n) is 5.09. The summed E-state index contributed by atoms with van der Waals surface area (Å²) in [5, 5.41) is 3.12. The van der Waals surface area contributed by atoms with Crippen LogP contribution in [0.4, 0.5) is 0 Å². The lowest BCUT2D eigenvalue weighted by Crippen LogP contribution is -2.43. The Kier molecular flexibility index (Phi) is 7.16. The highest BCUT2D eigenvalue weighted by molar-refractivity contribution is 6.43. The lowest BCUT2D eigenvalue weighted by molar-refractivity contribution is -0.115. The average Bonchev–Trinajstić information content (AvgIpc) is 2.46. The maximum Gasteiger partial charge on any atom is 0.270 e. The standard InChI is InChI=1S/C16H26N2O/c1-4-12-17-15(6-3)16(19)18-14(5-2)13-10-8-7-9-11-13/h4,6,12-14H,3,5,7-11H2,1-2H3,(H,18,19)/b12-4-,17-15?. The van der Waals surface area contributed by atoms with Gasteiger partial charge in [0.1, 0.15) is 5.71 Å². The topological polar surface area (TPSA) is 41.5 Å². The largest absolute Gasteiger partial charge is 0.348 e. The van der Waals surface area contributed by atoms with Crippen molar-refractivity contribution < 1.29 is 4.79 Å². The summed E-state index contributed by atoms with van der Waals surface area (Å²) in [7, 11) is 0. The van der Waals surface area contributed by atoms with Gasteiger partial charge in [-0.25, -0.2) is 0 Å². The maximum absolute atomic E-state index is 12.1. The molecule has 0 spiro atoms. The van der Waals surface area contributed by atoms with Gasteiger partial charge in [0.2, 0.25) is 0 Å². The van der Waals surface area contributed by atoms with Gasteiger partial charge in [-0.2, -0.15) is 0 Å². The van der Waals surface area contributed by atoms with Gasteiger partial charge in [0.05, 0.1) is 0 Å². The third kappa shape index (κ3) is 5.01. The summed E-state index contributed by atoms with van der Waals surface area (Å²) in [5.41, 5.74) is 0.396. The van der Waals surface area contributed by atoms with E-state index in [2.05, 4.69) is 23.8 Å². The summed E-state index contributed by atoms with van der Waals surface area (Å²) < 4.78 is 0. The van der Waals surface area contributed by atoms with Gasteiger partial charge in [-0.3, -0.25) is 9.79 Å². The van der Waals surface area contributed by atoms with Crippen LogP contribution >= 0.6 is 0 Å². The zero-order valence-corrected chi connectivity index (χ0v) is 12.2. The third-order valence-corrected chi connectivity index (χ3v) is 3.76. The number of hydrogen-bond donors (Lipinski definition) is 1. The van der Waals surface area contributed by atoms with Gasteiger partial charge in [-0.15, -0.1) is 0 Å². The van der Waals surface area contributed by atoms with Crippen molar-refractivity contribution in [1.29, 1.82) is 0 Å². The van der Waals surface area contributed by atoms with Crippen LogP contribution in [-0.4, -0.2) is 17.7 Å². The summed E-state index contributed by atoms with van der Waals surface area (Å²) in [6, 6.07) is 0.267. The fourth-order valence-electron chi connectivity index (χ4n) is 2.69. The molecule has 0 aliphatic heterocycles. The van der Waals surface area contributed by atoms with Crippen molar-refractivity contribution in [3.05, 3.63) is 24.9 Å². The number of amides is 1. The van der Waals surface area contributed by atoms with E-state index in [1.807, 2.05) is 6.92 Å². The van der Waals surface area contributed by atoms with E-state index in [0.717, 1.165) is 6.42 Å². The van der Waals surface area contributed by atoms with Gasteiger partial charge in [0, 0.05) is 12.2 Å². The molecule has 0 aromatic carbocycles. The zero-order chi connectivity index (χ0) is 14.1. The number of nitrogens with one attached hydrogen (secondary N) is 1. The van der Waals surface area contributed by atoms with Crippen LogP contribution in [0.25, 0.3) is 0 Å². The van der Waals surface area contributed by atoms with E-state index >= 15 is 0 Å². The quantitative estimate of drug-likeness (QED) is 0.730. The Morgan fingerprint density at radius 2 is 2.11 bits per heavy atom. The highest BCUT2D eigenvalue weighted by Crippen LogP contribution is 2.27. The fourth-order valence-corrected chi connectivity index (χ4v) is 2.69. The molecule has 1 unspecified atom stereocenters. The lowest BCUT2D eigenvalue weighted by Gasteiger charge is -2.30. The van der Waals surface area contributed by atoms with Gasteiger partial charge in [0.25, 0.3) is 5.91 Å². The van der Waals surface area contributed by atoms with Gasteiger partial charge in [-0.05, 0) is 38.2 Å². The molecule has 1 saturated carbocycles. The first-order chi connectivity index (χ1) is 9.22. The minimum absolute atomic E-state index is 0.106. The van der Waals surface area contributed by atoms with Gasteiger partial charge in [-0.1, -0.05) is 38.8 Å². The van der Waals surface area contributed by atoms with Crippen LogP contribution in [0.15, 0.2) is 29.9 Å². The SMILES string of the molecule is C=CC(=N/C=C\C)C(=O)NC(CC)C1CCCCC1. The Bertz CT molecular complexity index is 352. The van der Waals surface area contributed by atoms with Crippen molar-refractivity contribution in [1.82, 2.24) is 5.32 Å². The number of carbonyl (C=O) groups is 1. The molecule has 0 aromatic rings. The Labute approximate surface area is 116 Å². The minimum Gasteiger partial charge on any atom is -0.348 e. The fraction of sp³-hybridized carbons (Fsp3) is 0.625. The van der Waals surface area contributed by atoms with Crippen molar-refractivity contribution in [2.75, 3.05) is 0 Å². The van der Waals surface area contributed by atoms with Crippen LogP contribution < -0.4 is 5.32 Å². The zero-order valence-electron chi connectivity index (χ0n) is 12.2. The molecule has 3 nitrogen and oxygen atoms in total. The number of aliphatic imine (C=N–C) groups is 1. The first kappa shape index (κ1) is 15.7. The molecule has 1 rings (SSSR count). The van der Waals surface area contributed by atoms with E-state index in [9.17, 15) is 4.79 Å². The second-order valence-corrected chi connectivity index (χ2v) is 5.09. The number of rotatable bonds is 6. The van der Waals surface area contributed by atoms with Crippen LogP contribution in [0.5, 0.6) is 0 Å². The first-order valence-corrected chi connectivity index (χ1v) is 7.35. The third-order valence-electron chi connectivity index (χ3n) is 3.76. The Morgan fingerprint density at radius 1 is 1.42 bits per heavy atom. The van der Waals surface area contributed by atoms with Crippen molar-refractivity contribution >= 4 is 11.6 Å². The molecule has 1 aliphatic carbocycles. The van der Waals surface area contributed by atoms with Crippen LogP contribution in [0.1, 0.15) is 52.4 Å². The van der Waals surface area contributed by atoms with E-state index in [1.165, 1.54) is 38.2 Å². The van der Waals surface area contributed by atoms with E-state index < -0.39 is 0 Å². The summed E-state index contributed by atoms with van der Waals surface area (Å²) in [6.45, 7) is 7.66. The Morgan fingerprint density at radius 3 is 2.63 bits per heavy atom. The highest BCUT2D eigenvalue weighted by atomic mass is 16.1. The van der Waals surface area contributed by atoms with Crippen molar-refractivity contribution in [3.63, 3.8) is 0 Å². The molecule has 0 bridgehead atoms. The normalized spacial score (nSPS) is 19.4. The molecular weight excluding hydrogens is 236 g/mol. The predicted molar refractivity (Wildman–Crippen MR) is 81.2 cm³/mol. The Hall–Kier alpha value is -1.38. The number of carbonyl (C=O) groups excluding carboxylic acids is 1. The molecule has 0 radical (unpaired) electrons. The van der Waals surface area contributed by atoms with Crippen molar-refractivity contribution in [3.8, 4) is 0 Å². The van der Waals surface area contributed by atoms with E-state index in [-0.39, 0.29) is 11.9 Å². The summed E-state index contributed by atoms with van der Waals surface area (Å²) >= 11 is 0. The first-order valence-electron chi connectivity index (χ1n) is 7.35. The molecule has 106 valence electrons. The molecule has 1 aliphatic rings. The summed E-state index contributed by atoms with van der Waals surface area (Å²) in [6.07, 6.45) is 12.3. The molecule has 0 aromatic heterocycles. The monoisotopic (exact) mass is 262 g/mol. The maximum atomic E-state index is 12.1. The van der Waals surface area contributed by atoms with Gasteiger partial charge >= 0.3 is 0 Å². The molecule has 19 heavy (non-hydrogen) atoms. The van der Waals surface area contributed by atoms with Crippen LogP contribution in [0, 0.1) is 5.92 Å². The molecule has 1 amide bonds. The number of allylic oxidation sites excluding steroid dienone is 1. The smallest absolute Gasteiger partial charge is 0.270 e. The van der Waals surface area contributed by atoms with E-state index in [4.69, 9.17) is 0 Å². The van der Waals surface area contributed by atoms with Crippen molar-refractivity contribution in [2.24, 2.45) is 10.9 Å². The Balaban J connectivity index is 2.63. The van der Waals surface area contributed by atoms with Crippen LogP contribution in [0.3, 0.4) is 0 Å². The molecule has 0 saturated heterocycles. The van der Waals surface area contributed by atoms with E-state index in [1.54, 1.807) is 12.3 Å². The molecule has 1 N–H and O–H groups in total. The minimum atomic E-state index is -0.106. The highest BCUT2D eigenvalue weighted by Gasteiger charge is 2.24. The second kappa shape index (κ2) is 8.68. The van der Waals surface area contributed by atoms with Crippen molar-refractivity contribution in [2.45, 2.75) is 58.4 Å². The summed E-state index contributed by atoms with van der Waals surface area (Å²) in [5.74, 6) is 0.515. The molecule has 1 atom stereocenters. The summed E-state index contributed by atoms with van der Waals surface area (Å²) in [4.78, 5) is 16.2. The van der Waals surface area contributed by atoms with Crippen LogP contribution in [0.2, 0.25) is 0 Å². The number of hydrogen-bond acceptors (Lipinski definition) is 2. The van der Waals surface area contributed by atoms with Crippen LogP contribution in [-0.2, 0) is 4.79 Å². The van der Waals surface area contributed by atoms with Gasteiger partial charge < -0.3 is 5.32 Å². The molecule has 1 fully saturated rings. The number of nitrogens with zero attached hydrogens (tertiary/aromatic N) is 1. The average molecular weight is 262 g/mol. The molecule has 3 heteroatoms. The lowest BCUT2D eigenvalue weighted by atomic mass is 9.83. The molecule has 0 heterocycles. The predicted octanol–water partition coefficient (Wildman–Crippen LogP) is 3.62.